The Balaban J connectivity index is 2.06. The van der Waals surface area contributed by atoms with Gasteiger partial charge < -0.3 is 15.2 Å². The maximum absolute atomic E-state index is 6.54. The van der Waals surface area contributed by atoms with Crippen molar-refractivity contribution in [2.24, 2.45) is 17.6 Å². The Morgan fingerprint density at radius 2 is 1.86 bits per heavy atom. The SMILES string of the molecule is CCC1CCCCC1C(N)Cc1ccc(OC)c(OC)c1. The summed E-state index contributed by atoms with van der Waals surface area (Å²) in [6, 6.07) is 6.38. The van der Waals surface area contributed by atoms with Crippen molar-refractivity contribution in [2.45, 2.75) is 51.5 Å². The third-order valence-electron chi connectivity index (χ3n) is 4.96. The maximum atomic E-state index is 6.54. The molecule has 3 heteroatoms. The molecule has 3 nitrogen and oxygen atoms in total. The predicted molar refractivity (Wildman–Crippen MR) is 87.0 cm³/mol. The maximum Gasteiger partial charge on any atom is 0.160 e. The Morgan fingerprint density at radius 3 is 2.52 bits per heavy atom. The van der Waals surface area contributed by atoms with Gasteiger partial charge in [-0.05, 0) is 42.4 Å². The van der Waals surface area contributed by atoms with Crippen molar-refractivity contribution in [1.82, 2.24) is 0 Å². The van der Waals surface area contributed by atoms with E-state index >= 15 is 0 Å². The van der Waals surface area contributed by atoms with Crippen LogP contribution in [-0.4, -0.2) is 20.3 Å². The van der Waals surface area contributed by atoms with E-state index in [1.165, 1.54) is 37.7 Å². The number of methoxy groups -OCH3 is 2. The van der Waals surface area contributed by atoms with Crippen LogP contribution in [0.4, 0.5) is 0 Å². The highest BCUT2D eigenvalue weighted by Gasteiger charge is 2.28. The molecule has 0 aliphatic heterocycles. The van der Waals surface area contributed by atoms with E-state index in [2.05, 4.69) is 19.1 Å². The van der Waals surface area contributed by atoms with E-state index in [0.29, 0.717) is 5.92 Å². The van der Waals surface area contributed by atoms with Crippen molar-refractivity contribution in [1.29, 1.82) is 0 Å². The van der Waals surface area contributed by atoms with E-state index in [4.69, 9.17) is 15.2 Å². The number of rotatable bonds is 6. The van der Waals surface area contributed by atoms with Gasteiger partial charge >= 0.3 is 0 Å². The van der Waals surface area contributed by atoms with Crippen molar-refractivity contribution in [3.8, 4) is 11.5 Å². The number of benzene rings is 1. The quantitative estimate of drug-likeness (QED) is 0.867. The summed E-state index contributed by atoms with van der Waals surface area (Å²) in [4.78, 5) is 0. The largest absolute Gasteiger partial charge is 0.493 e. The zero-order valence-electron chi connectivity index (χ0n) is 13.6. The molecule has 1 saturated carbocycles. The third-order valence-corrected chi connectivity index (χ3v) is 4.96. The molecular weight excluding hydrogens is 262 g/mol. The fraction of sp³-hybridized carbons (Fsp3) is 0.667. The molecule has 3 atom stereocenters. The lowest BCUT2D eigenvalue weighted by molar-refractivity contribution is 0.195. The van der Waals surface area contributed by atoms with Gasteiger partial charge in [-0.15, -0.1) is 0 Å². The van der Waals surface area contributed by atoms with Gasteiger partial charge in [-0.2, -0.15) is 0 Å². The predicted octanol–water partition coefficient (Wildman–Crippen LogP) is 3.79. The van der Waals surface area contributed by atoms with Crippen molar-refractivity contribution in [3.63, 3.8) is 0 Å². The lowest BCUT2D eigenvalue weighted by Gasteiger charge is -2.35. The van der Waals surface area contributed by atoms with E-state index < -0.39 is 0 Å². The van der Waals surface area contributed by atoms with Gasteiger partial charge in [0.15, 0.2) is 11.5 Å². The minimum atomic E-state index is 0.244. The molecule has 1 aliphatic carbocycles. The second kappa shape index (κ2) is 7.69. The number of hydrogen-bond donors (Lipinski definition) is 1. The van der Waals surface area contributed by atoms with Gasteiger partial charge in [-0.25, -0.2) is 0 Å². The smallest absolute Gasteiger partial charge is 0.160 e. The molecule has 2 rings (SSSR count). The van der Waals surface area contributed by atoms with E-state index in [1.54, 1.807) is 14.2 Å². The number of nitrogens with two attached hydrogens (primary N) is 1. The minimum absolute atomic E-state index is 0.244. The van der Waals surface area contributed by atoms with Gasteiger partial charge in [0, 0.05) is 6.04 Å². The number of ether oxygens (including phenoxy) is 2. The molecule has 0 bridgehead atoms. The lowest BCUT2D eigenvalue weighted by atomic mass is 9.73. The summed E-state index contributed by atoms with van der Waals surface area (Å²) in [5.41, 5.74) is 7.77. The molecule has 1 fully saturated rings. The summed E-state index contributed by atoms with van der Waals surface area (Å²) in [6.45, 7) is 2.30. The van der Waals surface area contributed by atoms with Crippen LogP contribution in [-0.2, 0) is 6.42 Å². The molecule has 21 heavy (non-hydrogen) atoms. The van der Waals surface area contributed by atoms with E-state index in [9.17, 15) is 0 Å². The van der Waals surface area contributed by atoms with Crippen molar-refractivity contribution < 1.29 is 9.47 Å². The van der Waals surface area contributed by atoms with E-state index in [1.807, 2.05) is 6.07 Å². The fourth-order valence-electron chi connectivity index (χ4n) is 3.74. The molecule has 1 aromatic rings. The summed E-state index contributed by atoms with van der Waals surface area (Å²) in [7, 11) is 3.34. The second-order valence-electron chi connectivity index (χ2n) is 6.17. The molecule has 1 aromatic carbocycles. The van der Waals surface area contributed by atoms with E-state index in [-0.39, 0.29) is 6.04 Å². The van der Waals surface area contributed by atoms with Crippen molar-refractivity contribution >= 4 is 0 Å². The van der Waals surface area contributed by atoms with Crippen molar-refractivity contribution in [2.75, 3.05) is 14.2 Å². The molecule has 118 valence electrons. The highest BCUT2D eigenvalue weighted by molar-refractivity contribution is 5.43. The zero-order valence-corrected chi connectivity index (χ0v) is 13.6. The molecule has 0 aromatic heterocycles. The van der Waals surface area contributed by atoms with Crippen LogP contribution in [0.25, 0.3) is 0 Å². The average molecular weight is 291 g/mol. The standard InChI is InChI=1S/C18H29NO2/c1-4-14-7-5-6-8-15(14)16(19)11-13-9-10-17(20-2)18(12-13)21-3/h9-10,12,14-16H,4-8,11,19H2,1-3H3. The summed E-state index contributed by atoms with van der Waals surface area (Å²) >= 11 is 0. The molecule has 0 heterocycles. The molecular formula is C18H29NO2. The summed E-state index contributed by atoms with van der Waals surface area (Å²) in [5, 5.41) is 0. The molecule has 0 saturated heterocycles. The van der Waals surface area contributed by atoms with E-state index in [0.717, 1.165) is 23.8 Å². The normalized spacial score (nSPS) is 23.6. The van der Waals surface area contributed by atoms with Gasteiger partial charge in [0.05, 0.1) is 14.2 Å². The molecule has 3 unspecified atom stereocenters. The molecule has 0 spiro atoms. The Labute approximate surface area is 128 Å². The van der Waals surface area contributed by atoms with Crippen LogP contribution in [0.2, 0.25) is 0 Å². The van der Waals surface area contributed by atoms with Crippen LogP contribution >= 0.6 is 0 Å². The second-order valence-corrected chi connectivity index (χ2v) is 6.17. The first kappa shape index (κ1) is 16.2. The lowest BCUT2D eigenvalue weighted by Crippen LogP contribution is -2.38. The van der Waals surface area contributed by atoms with Crippen LogP contribution < -0.4 is 15.2 Å². The topological polar surface area (TPSA) is 44.5 Å². The van der Waals surface area contributed by atoms with Gasteiger partial charge in [-0.3, -0.25) is 0 Å². The highest BCUT2D eigenvalue weighted by atomic mass is 16.5. The Kier molecular flexibility index (Phi) is 5.92. The van der Waals surface area contributed by atoms with Crippen LogP contribution in [0.5, 0.6) is 11.5 Å². The summed E-state index contributed by atoms with van der Waals surface area (Å²) < 4.78 is 10.7. The van der Waals surface area contributed by atoms with Gasteiger partial charge in [0.2, 0.25) is 0 Å². The first-order valence-electron chi connectivity index (χ1n) is 8.16. The molecule has 2 N–H and O–H groups in total. The zero-order chi connectivity index (χ0) is 15.2. The summed E-state index contributed by atoms with van der Waals surface area (Å²) in [5.74, 6) is 3.03. The monoisotopic (exact) mass is 291 g/mol. The first-order chi connectivity index (χ1) is 10.2. The molecule has 1 aliphatic rings. The van der Waals surface area contributed by atoms with Crippen LogP contribution in [0.1, 0.15) is 44.6 Å². The van der Waals surface area contributed by atoms with Crippen LogP contribution in [0, 0.1) is 11.8 Å². The first-order valence-corrected chi connectivity index (χ1v) is 8.16. The Hall–Kier alpha value is -1.22. The van der Waals surface area contributed by atoms with Crippen molar-refractivity contribution in [3.05, 3.63) is 23.8 Å². The number of hydrogen-bond acceptors (Lipinski definition) is 3. The third kappa shape index (κ3) is 3.91. The van der Waals surface area contributed by atoms with Crippen LogP contribution in [0.15, 0.2) is 18.2 Å². The van der Waals surface area contributed by atoms with Gasteiger partial charge in [0.1, 0.15) is 0 Å². The van der Waals surface area contributed by atoms with Gasteiger partial charge in [-0.1, -0.05) is 38.7 Å². The minimum Gasteiger partial charge on any atom is -0.493 e. The molecule has 0 amide bonds. The van der Waals surface area contributed by atoms with Crippen LogP contribution in [0.3, 0.4) is 0 Å². The van der Waals surface area contributed by atoms with Gasteiger partial charge in [0.25, 0.3) is 0 Å². The average Bonchev–Trinajstić information content (AvgIpc) is 2.54. The Bertz CT molecular complexity index is 447. The fourth-order valence-corrected chi connectivity index (χ4v) is 3.74. The molecule has 0 radical (unpaired) electrons. The summed E-state index contributed by atoms with van der Waals surface area (Å²) in [6.07, 6.45) is 7.51. The highest BCUT2D eigenvalue weighted by Crippen LogP contribution is 2.35. The Morgan fingerprint density at radius 1 is 1.14 bits per heavy atom.